The van der Waals surface area contributed by atoms with E-state index in [2.05, 4.69) is 54.8 Å². The average molecular weight is 494 g/mol. The first-order valence-corrected chi connectivity index (χ1v) is 12.1. The lowest BCUT2D eigenvalue weighted by molar-refractivity contribution is 0.301. The number of nitrogens with one attached hydrogen (secondary N) is 1. The molecular weight excluding hydrogens is 460 g/mol. The highest BCUT2D eigenvalue weighted by molar-refractivity contribution is 5.67. The molecule has 0 amide bonds. The van der Waals surface area contributed by atoms with Gasteiger partial charge in [0.1, 0.15) is 23.2 Å². The van der Waals surface area contributed by atoms with Crippen molar-refractivity contribution in [2.45, 2.75) is 64.7 Å². The number of hydrogen-bond donors (Lipinski definition) is 3. The minimum Gasteiger partial charge on any atom is -0.401 e. The fraction of sp³-hybridized carbons (Fsp3) is 0.407. The van der Waals surface area contributed by atoms with Crippen molar-refractivity contribution in [2.24, 2.45) is 17.4 Å². The van der Waals surface area contributed by atoms with Gasteiger partial charge in [0.25, 0.3) is 0 Å². The van der Waals surface area contributed by atoms with Gasteiger partial charge in [-0.3, -0.25) is 10.1 Å². The molecule has 190 valence electrons. The van der Waals surface area contributed by atoms with Crippen LogP contribution >= 0.6 is 0 Å². The minimum absolute atomic E-state index is 0.00151. The second kappa shape index (κ2) is 9.44. The molecule has 0 radical (unpaired) electrons. The highest BCUT2D eigenvalue weighted by atomic mass is 19.1. The zero-order valence-electron chi connectivity index (χ0n) is 21.4. The van der Waals surface area contributed by atoms with Crippen molar-refractivity contribution in [3.63, 3.8) is 0 Å². The van der Waals surface area contributed by atoms with Crippen LogP contribution in [0.4, 0.5) is 8.78 Å². The first kappa shape index (κ1) is 25.5. The third-order valence-electron chi connectivity index (χ3n) is 6.93. The van der Waals surface area contributed by atoms with Crippen LogP contribution in [-0.2, 0) is 10.8 Å². The highest BCUT2D eigenvalue weighted by Crippen LogP contribution is 2.46. The first-order valence-electron chi connectivity index (χ1n) is 12.1. The largest absolute Gasteiger partial charge is 0.401 e. The first-order chi connectivity index (χ1) is 16.9. The number of hydrogen-bond acceptors (Lipinski definition) is 6. The van der Waals surface area contributed by atoms with Gasteiger partial charge in [0.05, 0.1) is 22.9 Å². The molecule has 0 bridgehead atoms. The van der Waals surface area contributed by atoms with E-state index in [-0.39, 0.29) is 22.6 Å². The Bertz CT molecular complexity index is 1310. The van der Waals surface area contributed by atoms with Gasteiger partial charge in [0, 0.05) is 23.0 Å². The summed E-state index contributed by atoms with van der Waals surface area (Å²) in [6.07, 6.45) is 7.14. The van der Waals surface area contributed by atoms with Crippen LogP contribution in [0.2, 0.25) is 0 Å². The molecule has 0 spiro atoms. The van der Waals surface area contributed by atoms with E-state index in [0.717, 1.165) is 24.2 Å². The van der Waals surface area contributed by atoms with Gasteiger partial charge < -0.3 is 11.5 Å². The number of rotatable bonds is 5. The maximum atomic E-state index is 14.3. The fourth-order valence-electron chi connectivity index (χ4n) is 4.86. The van der Waals surface area contributed by atoms with Gasteiger partial charge in [-0.2, -0.15) is 5.10 Å². The number of H-pyrrole nitrogens is 1. The van der Waals surface area contributed by atoms with Crippen molar-refractivity contribution in [3.05, 3.63) is 76.7 Å². The Hall–Kier alpha value is -3.62. The summed E-state index contributed by atoms with van der Waals surface area (Å²) in [7, 11) is 0. The molecule has 0 fully saturated rings. The quantitative estimate of drug-likeness (QED) is 0.453. The van der Waals surface area contributed by atoms with Gasteiger partial charge in [-0.15, -0.1) is 0 Å². The topological polar surface area (TPSA) is 119 Å². The lowest BCUT2D eigenvalue weighted by Crippen LogP contribution is -2.42. The molecule has 0 saturated carbocycles. The molecule has 7 nitrogen and oxygen atoms in total. The van der Waals surface area contributed by atoms with E-state index in [0.29, 0.717) is 29.3 Å². The Balaban J connectivity index is 1.81. The molecule has 1 unspecified atom stereocenters. The Morgan fingerprint density at radius 2 is 1.83 bits per heavy atom. The molecule has 4 rings (SSSR count). The van der Waals surface area contributed by atoms with Crippen LogP contribution in [0.3, 0.4) is 0 Å². The molecule has 5 N–H and O–H groups in total. The van der Waals surface area contributed by atoms with Crippen molar-refractivity contribution in [3.8, 4) is 11.5 Å². The standard InChI is InChI=1S/C27H33F2N7/c1-15(2)27(21-14-32-13-20(33-21)24-34-25(36-35-24)26(3,4)5)11-7-8-16(23(27)31)12-19(30)22-17(28)9-6-10-18(22)29/h6,9-10,12-15H,7-8,11,30-31H2,1-5H3,(H,34,35,36)/b19-12-. The monoisotopic (exact) mass is 493 g/mol. The molecule has 2 heterocycles. The summed E-state index contributed by atoms with van der Waals surface area (Å²) in [5.41, 5.74) is 14.5. The normalized spacial score (nSPS) is 19.3. The summed E-state index contributed by atoms with van der Waals surface area (Å²) in [6, 6.07) is 3.68. The summed E-state index contributed by atoms with van der Waals surface area (Å²) < 4.78 is 28.7. The van der Waals surface area contributed by atoms with Crippen molar-refractivity contribution in [2.75, 3.05) is 0 Å². The molecular formula is C27H33F2N7. The maximum Gasteiger partial charge on any atom is 0.201 e. The number of halogens is 2. The van der Waals surface area contributed by atoms with Crippen LogP contribution in [0.25, 0.3) is 17.2 Å². The number of aromatic amines is 1. The molecule has 2 aromatic heterocycles. The van der Waals surface area contributed by atoms with E-state index in [1.54, 1.807) is 18.5 Å². The third kappa shape index (κ3) is 4.50. The number of nitrogens with zero attached hydrogens (tertiary/aromatic N) is 4. The lowest BCUT2D eigenvalue weighted by Gasteiger charge is -2.41. The average Bonchev–Trinajstić information content (AvgIpc) is 3.31. The molecule has 9 heteroatoms. The smallest absolute Gasteiger partial charge is 0.201 e. The highest BCUT2D eigenvalue weighted by Gasteiger charge is 2.43. The molecule has 0 aliphatic heterocycles. The van der Waals surface area contributed by atoms with Gasteiger partial charge in [0.15, 0.2) is 0 Å². The molecule has 1 aliphatic rings. The van der Waals surface area contributed by atoms with E-state index in [4.69, 9.17) is 16.5 Å². The number of allylic oxidation sites excluding steroid dienone is 3. The van der Waals surface area contributed by atoms with Gasteiger partial charge in [0.2, 0.25) is 5.82 Å². The second-order valence-electron chi connectivity index (χ2n) is 10.7. The summed E-state index contributed by atoms with van der Waals surface area (Å²) in [6.45, 7) is 10.3. The van der Waals surface area contributed by atoms with Crippen LogP contribution in [0, 0.1) is 17.6 Å². The van der Waals surface area contributed by atoms with E-state index >= 15 is 0 Å². The Morgan fingerprint density at radius 1 is 1.14 bits per heavy atom. The van der Waals surface area contributed by atoms with Gasteiger partial charge in [-0.05, 0) is 49.0 Å². The van der Waals surface area contributed by atoms with E-state index < -0.39 is 17.0 Å². The van der Waals surface area contributed by atoms with Gasteiger partial charge in [-0.25, -0.2) is 18.7 Å². The Labute approximate surface area is 210 Å². The van der Waals surface area contributed by atoms with Crippen LogP contribution in [-0.4, -0.2) is 25.1 Å². The van der Waals surface area contributed by atoms with Crippen molar-refractivity contribution < 1.29 is 8.78 Å². The fourth-order valence-corrected chi connectivity index (χ4v) is 4.86. The molecule has 36 heavy (non-hydrogen) atoms. The van der Waals surface area contributed by atoms with Crippen molar-refractivity contribution in [1.29, 1.82) is 0 Å². The molecule has 3 aromatic rings. The molecule has 0 saturated heterocycles. The van der Waals surface area contributed by atoms with Crippen LogP contribution < -0.4 is 11.5 Å². The lowest BCUT2D eigenvalue weighted by atomic mass is 9.64. The zero-order valence-corrected chi connectivity index (χ0v) is 21.4. The predicted molar refractivity (Wildman–Crippen MR) is 136 cm³/mol. The summed E-state index contributed by atoms with van der Waals surface area (Å²) >= 11 is 0. The van der Waals surface area contributed by atoms with Crippen LogP contribution in [0.5, 0.6) is 0 Å². The zero-order chi connectivity index (χ0) is 26.3. The van der Waals surface area contributed by atoms with E-state index in [1.165, 1.54) is 18.2 Å². The maximum absolute atomic E-state index is 14.3. The minimum atomic E-state index is -0.714. The Kier molecular flexibility index (Phi) is 6.68. The number of aromatic nitrogens is 5. The summed E-state index contributed by atoms with van der Waals surface area (Å²) in [5, 5.41) is 7.34. The third-order valence-corrected chi connectivity index (χ3v) is 6.93. The molecule has 1 aromatic carbocycles. The molecule has 1 aliphatic carbocycles. The van der Waals surface area contributed by atoms with E-state index in [1.807, 2.05) is 0 Å². The summed E-state index contributed by atoms with van der Waals surface area (Å²) in [5.74, 6) is -0.147. The number of nitrogens with two attached hydrogens (primary N) is 2. The van der Waals surface area contributed by atoms with Gasteiger partial charge >= 0.3 is 0 Å². The summed E-state index contributed by atoms with van der Waals surface area (Å²) in [4.78, 5) is 14.0. The van der Waals surface area contributed by atoms with Crippen LogP contribution in [0.1, 0.15) is 71.0 Å². The SMILES string of the molecule is CC(C)C1(c2cncc(-c3n[nH]c(C(C)(C)C)n3)n2)CCCC(/C=C(\N)c2c(F)cccc2F)=C1N. The van der Waals surface area contributed by atoms with Crippen LogP contribution in [0.15, 0.2) is 47.9 Å². The van der Waals surface area contributed by atoms with Crippen molar-refractivity contribution >= 4 is 5.70 Å². The Morgan fingerprint density at radius 3 is 2.44 bits per heavy atom. The number of benzene rings is 1. The van der Waals surface area contributed by atoms with Crippen molar-refractivity contribution in [1.82, 2.24) is 25.1 Å². The molecule has 1 atom stereocenters. The van der Waals surface area contributed by atoms with E-state index in [9.17, 15) is 8.78 Å². The van der Waals surface area contributed by atoms with Gasteiger partial charge in [-0.1, -0.05) is 40.7 Å². The second-order valence-corrected chi connectivity index (χ2v) is 10.7. The predicted octanol–water partition coefficient (Wildman–Crippen LogP) is 5.13.